The zero-order valence-electron chi connectivity index (χ0n) is 44.7. The molecule has 5 heterocycles. The molecule has 3 aliphatic rings. The highest BCUT2D eigenvalue weighted by Gasteiger charge is 2.57. The molecule has 17 nitrogen and oxygen atoms in total. The van der Waals surface area contributed by atoms with Crippen LogP contribution in [0.2, 0.25) is 0 Å². The lowest BCUT2D eigenvalue weighted by molar-refractivity contribution is -0.221. The number of nitrogens with one attached hydrogen (secondary N) is 4. The molecule has 2 bridgehead atoms. The lowest BCUT2D eigenvalue weighted by Crippen LogP contribution is -2.63. The predicted molar refractivity (Wildman–Crippen MR) is 269 cm³/mol. The van der Waals surface area contributed by atoms with E-state index in [9.17, 15) is 59.4 Å². The van der Waals surface area contributed by atoms with Crippen molar-refractivity contribution in [3.05, 3.63) is 107 Å². The van der Waals surface area contributed by atoms with Gasteiger partial charge in [0.25, 0.3) is 5.91 Å². The van der Waals surface area contributed by atoms with Gasteiger partial charge in [0, 0.05) is 71.4 Å². The molecule has 0 aliphatic carbocycles. The predicted octanol–water partition coefficient (Wildman–Crippen LogP) is 7.68. The number of aliphatic hydroxyl groups excluding tert-OH is 1. The number of hydrazine groups is 1. The van der Waals surface area contributed by atoms with Crippen molar-refractivity contribution in [2.45, 2.75) is 134 Å². The summed E-state index contributed by atoms with van der Waals surface area (Å²) in [5.74, 6) is 0.317. The van der Waals surface area contributed by atoms with Crippen LogP contribution in [0.3, 0.4) is 0 Å². The summed E-state index contributed by atoms with van der Waals surface area (Å²) in [7, 11) is 1.61. The summed E-state index contributed by atoms with van der Waals surface area (Å²) < 4.78 is 161. The van der Waals surface area contributed by atoms with Crippen LogP contribution in [-0.2, 0) is 36.8 Å². The Morgan fingerprint density at radius 1 is 0.778 bits per heavy atom. The number of methoxy groups -OCH3 is 2. The highest BCUT2D eigenvalue weighted by atomic mass is 19.4. The molecular weight excluding hydrogens is 1090 g/mol. The van der Waals surface area contributed by atoms with Crippen LogP contribution in [0, 0.1) is 34.3 Å². The number of rotatable bonds is 19. The topological polar surface area (TPSA) is 202 Å². The summed E-state index contributed by atoms with van der Waals surface area (Å²) in [4.78, 5) is 60.3. The fourth-order valence-corrected chi connectivity index (χ4v) is 10.1. The van der Waals surface area contributed by atoms with Gasteiger partial charge in [-0.3, -0.25) is 24.9 Å². The number of alkyl halides is 8. The Kier molecular flexibility index (Phi) is 19.0. The number of fused-ring (bicyclic) bond motifs is 2. The number of piperidine rings is 1. The maximum absolute atomic E-state index is 16.0. The van der Waals surface area contributed by atoms with Gasteiger partial charge in [-0.05, 0) is 108 Å². The molecular formula is C54H61F10N9O8. The third kappa shape index (κ3) is 14.4. The fraction of sp³-hybridized carbons (Fsp3) is 0.519. The van der Waals surface area contributed by atoms with Crippen molar-refractivity contribution in [2.75, 3.05) is 34.0 Å². The van der Waals surface area contributed by atoms with E-state index in [4.69, 9.17) is 9.72 Å². The smallest absolute Gasteiger partial charge is 0.407 e. The number of hydrogen-bond acceptors (Lipinski definition) is 12. The van der Waals surface area contributed by atoms with Crippen LogP contribution in [0.5, 0.6) is 0 Å². The fourth-order valence-electron chi connectivity index (χ4n) is 10.1. The van der Waals surface area contributed by atoms with Crippen molar-refractivity contribution in [3.8, 4) is 23.1 Å². The van der Waals surface area contributed by atoms with Crippen molar-refractivity contribution in [3.63, 3.8) is 0 Å². The number of carbonyl (C=O) groups excluding carboxylic acids is 4. The van der Waals surface area contributed by atoms with Gasteiger partial charge in [0.05, 0.1) is 62.1 Å². The Hall–Kier alpha value is -7.02. The van der Waals surface area contributed by atoms with Crippen LogP contribution in [0.4, 0.5) is 53.5 Å². The monoisotopic (exact) mass is 1150 g/mol. The minimum absolute atomic E-state index is 0.200. The second-order valence-corrected chi connectivity index (χ2v) is 21.3. The average molecular weight is 1150 g/mol. The molecule has 4 amide bonds. The van der Waals surface area contributed by atoms with Gasteiger partial charge in [0.15, 0.2) is 0 Å². The number of ether oxygens (including phenoxy) is 3. The number of hydrogen-bond donors (Lipinski definition) is 5. The van der Waals surface area contributed by atoms with Crippen molar-refractivity contribution < 1.29 is 82.4 Å². The second-order valence-electron chi connectivity index (χ2n) is 21.3. The van der Waals surface area contributed by atoms with Gasteiger partial charge in [0.1, 0.15) is 23.7 Å². The van der Waals surface area contributed by atoms with Crippen LogP contribution in [0.25, 0.3) is 11.3 Å². The van der Waals surface area contributed by atoms with E-state index >= 15 is 8.78 Å². The average Bonchev–Trinajstić information content (AvgIpc) is 3.98. The molecule has 2 aromatic carbocycles. The standard InChI is InChI=1S/C54H61F10N9O8/c1-51(2,53(59,60)61)44(67-49(77)79-5)46(75)66-42(19-30-10-7-29(8-11-30)9-12-31-13-16-40(65-24-31)32-20-34-14-15-35(21-32)73(34)36-27-81-28-36)43(74)26-71(70-47(76)45(68-50(78)80-6)52(3,4)54(62,63)64)25-37-38(55)22-33(23-39(37)56)41-17-18-72(69-41)48(57)58/h7-8,10-11,13,16-18,22-24,32,34-36,42-45,48,74H,14-15,19-21,25-28H2,1-6H3,(H,66,75)(H,67,77)(H,68,78)(H,70,76)/t32?,34?,35?,42-,43-,44+,45+/m0/s1. The van der Waals surface area contributed by atoms with Gasteiger partial charge in [-0.25, -0.2) is 28.1 Å². The maximum Gasteiger partial charge on any atom is 0.407 e. The van der Waals surface area contributed by atoms with Crippen LogP contribution < -0.4 is 21.4 Å². The number of carbonyl (C=O) groups is 4. The summed E-state index contributed by atoms with van der Waals surface area (Å²) in [6.07, 6.45) is -9.19. The van der Waals surface area contributed by atoms with E-state index in [1.807, 2.05) is 22.9 Å². The molecule has 5 N–H and O–H groups in total. The number of pyridine rings is 1. The molecule has 81 heavy (non-hydrogen) atoms. The lowest BCUT2D eigenvalue weighted by Gasteiger charge is -2.46. The van der Waals surface area contributed by atoms with Gasteiger partial charge in [-0.1, -0.05) is 24.0 Å². The van der Waals surface area contributed by atoms with Crippen LogP contribution in [0.1, 0.15) is 93.8 Å². The molecule has 3 aliphatic heterocycles. The summed E-state index contributed by atoms with van der Waals surface area (Å²) in [6, 6.07) is 6.95. The highest BCUT2D eigenvalue weighted by molar-refractivity contribution is 5.87. The van der Waals surface area contributed by atoms with Gasteiger partial charge in [0.2, 0.25) is 5.91 Å². The first-order chi connectivity index (χ1) is 38.0. The van der Waals surface area contributed by atoms with E-state index in [2.05, 4.69) is 36.6 Å². The Bertz CT molecular complexity index is 2910. The zero-order valence-corrected chi connectivity index (χ0v) is 44.7. The largest absolute Gasteiger partial charge is 0.453 e. The number of amides is 4. The lowest BCUT2D eigenvalue weighted by atomic mass is 9.82. The van der Waals surface area contributed by atoms with Gasteiger partial charge >= 0.3 is 31.1 Å². The van der Waals surface area contributed by atoms with Gasteiger partial charge in [-0.15, -0.1) is 0 Å². The molecule has 0 radical (unpaired) electrons. The Morgan fingerprint density at radius 3 is 1.80 bits per heavy atom. The van der Waals surface area contributed by atoms with E-state index in [0.29, 0.717) is 80.0 Å². The van der Waals surface area contributed by atoms with E-state index in [1.54, 1.807) is 23.6 Å². The summed E-state index contributed by atoms with van der Waals surface area (Å²) in [5, 5.41) is 22.1. The molecule has 3 saturated heterocycles. The first-order valence-corrected chi connectivity index (χ1v) is 25.6. The zero-order chi connectivity index (χ0) is 59.4. The third-order valence-corrected chi connectivity index (χ3v) is 15.2. The molecule has 0 saturated carbocycles. The number of aromatic nitrogens is 3. The molecule has 7 rings (SSSR count). The third-order valence-electron chi connectivity index (χ3n) is 15.2. The Morgan fingerprint density at radius 2 is 1.32 bits per heavy atom. The summed E-state index contributed by atoms with van der Waals surface area (Å²) in [5.41, 5.74) is -3.38. The normalized spacial score (nSPS) is 19.4. The van der Waals surface area contributed by atoms with Crippen molar-refractivity contribution in [1.82, 2.24) is 46.0 Å². The number of benzene rings is 2. The van der Waals surface area contributed by atoms with Crippen molar-refractivity contribution >= 4 is 24.0 Å². The molecule has 27 heteroatoms. The minimum atomic E-state index is -5.23. The highest BCUT2D eigenvalue weighted by Crippen LogP contribution is 2.45. The SMILES string of the molecule is COC(=O)N[C@H](C(=O)N[C@@H](Cc1ccc(C#Cc2ccc(C3CC4CCC(C3)N4C3COC3)nc2)cc1)[C@@H](O)CN(Cc1c(F)cc(-c2ccn(C(F)F)n2)cc1F)NC(=O)[C@@H](NC(=O)OC)C(C)(C)C(F)(F)F)C(C)(C)C(F)(F)F. The number of nitrogens with zero attached hydrogens (tertiary/aromatic N) is 5. The Balaban J connectivity index is 1.18. The van der Waals surface area contributed by atoms with E-state index in [1.165, 1.54) is 12.1 Å². The summed E-state index contributed by atoms with van der Waals surface area (Å²) in [6.45, 7) is -1.58. The van der Waals surface area contributed by atoms with Gasteiger partial charge in [-0.2, -0.15) is 40.2 Å². The summed E-state index contributed by atoms with van der Waals surface area (Å²) >= 11 is 0. The number of alkyl carbamates (subject to hydrolysis) is 2. The second kappa shape index (κ2) is 25.0. The van der Waals surface area contributed by atoms with E-state index in [-0.39, 0.29) is 21.5 Å². The molecule has 3 fully saturated rings. The molecule has 6 atom stereocenters. The number of halogens is 10. The van der Waals surface area contributed by atoms with Crippen molar-refractivity contribution in [1.29, 1.82) is 0 Å². The van der Waals surface area contributed by atoms with E-state index in [0.717, 1.165) is 71.1 Å². The first kappa shape index (κ1) is 61.6. The molecule has 2 unspecified atom stereocenters. The van der Waals surface area contributed by atoms with Crippen LogP contribution in [0.15, 0.2) is 67.0 Å². The van der Waals surface area contributed by atoms with Crippen LogP contribution in [-0.4, -0.2) is 142 Å². The first-order valence-electron chi connectivity index (χ1n) is 25.6. The molecule has 4 aromatic rings. The minimum Gasteiger partial charge on any atom is -0.453 e. The molecule has 0 spiro atoms. The quantitative estimate of drug-likeness (QED) is 0.0349. The molecule has 2 aromatic heterocycles. The number of aliphatic hydroxyl groups is 1. The van der Waals surface area contributed by atoms with E-state index < -0.39 is 115 Å². The Labute approximate surface area is 459 Å². The maximum atomic E-state index is 16.0. The van der Waals surface area contributed by atoms with Crippen molar-refractivity contribution in [2.24, 2.45) is 10.8 Å². The van der Waals surface area contributed by atoms with Crippen LogP contribution >= 0.6 is 0 Å². The van der Waals surface area contributed by atoms with Gasteiger partial charge < -0.3 is 35.3 Å². The molecule has 440 valence electrons.